The van der Waals surface area contributed by atoms with Crippen LogP contribution in [0.25, 0.3) is 0 Å². The van der Waals surface area contributed by atoms with E-state index in [0.29, 0.717) is 41.0 Å². The predicted octanol–water partition coefficient (Wildman–Crippen LogP) is 4.93. The van der Waals surface area contributed by atoms with E-state index in [-0.39, 0.29) is 12.7 Å². The van der Waals surface area contributed by atoms with Gasteiger partial charge in [-0.25, -0.2) is 0 Å². The minimum Gasteiger partial charge on any atom is -0.493 e. The van der Waals surface area contributed by atoms with Crippen LogP contribution in [0, 0.1) is 0 Å². The summed E-state index contributed by atoms with van der Waals surface area (Å²) in [5.74, 6) is 2.35. The van der Waals surface area contributed by atoms with E-state index in [1.807, 2.05) is 42.5 Å². The predicted molar refractivity (Wildman–Crippen MR) is 117 cm³/mol. The monoisotopic (exact) mass is 439 g/mol. The second-order valence-electron chi connectivity index (χ2n) is 7.13. The maximum absolute atomic E-state index is 12.9. The number of amides is 1. The topological polar surface area (TPSA) is 57.2 Å². The molecule has 6 nitrogen and oxygen atoms in total. The molecule has 0 unspecified atom stereocenters. The molecule has 0 saturated carbocycles. The standard InChI is InChI=1S/C24H22ClNO5/c1-26(13-17-5-9-21-23(11-17)31-15-30-21)24(27)18-6-10-20(22(12-18)28-2)29-14-16-3-7-19(25)8-4-16/h3-12H,13-15H2,1-2H3. The first-order valence-electron chi connectivity index (χ1n) is 9.73. The number of carbonyl (C=O) groups is 1. The molecule has 0 saturated heterocycles. The molecule has 0 atom stereocenters. The van der Waals surface area contributed by atoms with Crippen LogP contribution in [-0.4, -0.2) is 31.8 Å². The van der Waals surface area contributed by atoms with Gasteiger partial charge in [0.1, 0.15) is 6.61 Å². The quantitative estimate of drug-likeness (QED) is 0.522. The second-order valence-corrected chi connectivity index (χ2v) is 7.57. The first kappa shape index (κ1) is 20.9. The van der Waals surface area contributed by atoms with Crippen LogP contribution in [0.1, 0.15) is 21.5 Å². The van der Waals surface area contributed by atoms with Crippen molar-refractivity contribution in [1.82, 2.24) is 4.90 Å². The lowest BCUT2D eigenvalue weighted by atomic mass is 10.1. The lowest BCUT2D eigenvalue weighted by Crippen LogP contribution is -2.26. The number of carbonyl (C=O) groups excluding carboxylic acids is 1. The van der Waals surface area contributed by atoms with Gasteiger partial charge in [0.15, 0.2) is 23.0 Å². The molecule has 1 aliphatic rings. The summed E-state index contributed by atoms with van der Waals surface area (Å²) in [7, 11) is 3.30. The summed E-state index contributed by atoms with van der Waals surface area (Å²) in [4.78, 5) is 14.6. The Morgan fingerprint density at radius 3 is 2.48 bits per heavy atom. The molecule has 0 fully saturated rings. The summed E-state index contributed by atoms with van der Waals surface area (Å²) in [6.45, 7) is 1.03. The molecular formula is C24H22ClNO5. The number of hydrogen-bond acceptors (Lipinski definition) is 5. The molecule has 1 amide bonds. The minimum atomic E-state index is -0.125. The van der Waals surface area contributed by atoms with Crippen LogP contribution in [0.5, 0.6) is 23.0 Å². The van der Waals surface area contributed by atoms with Crippen LogP contribution in [0.15, 0.2) is 60.7 Å². The highest BCUT2D eigenvalue weighted by molar-refractivity contribution is 6.30. The van der Waals surface area contributed by atoms with Gasteiger partial charge in [0, 0.05) is 24.2 Å². The number of rotatable bonds is 7. The van der Waals surface area contributed by atoms with E-state index in [4.69, 9.17) is 30.5 Å². The fraction of sp³-hybridized carbons (Fsp3) is 0.208. The van der Waals surface area contributed by atoms with E-state index in [1.165, 1.54) is 0 Å². The summed E-state index contributed by atoms with van der Waals surface area (Å²) in [6.07, 6.45) is 0. The van der Waals surface area contributed by atoms with Crippen molar-refractivity contribution in [2.24, 2.45) is 0 Å². The summed E-state index contributed by atoms with van der Waals surface area (Å²) >= 11 is 5.92. The second kappa shape index (κ2) is 9.18. The third kappa shape index (κ3) is 4.86. The number of fused-ring (bicyclic) bond motifs is 1. The Morgan fingerprint density at radius 1 is 0.968 bits per heavy atom. The fourth-order valence-corrected chi connectivity index (χ4v) is 3.39. The molecule has 0 N–H and O–H groups in total. The number of halogens is 1. The van der Waals surface area contributed by atoms with Crippen molar-refractivity contribution in [3.63, 3.8) is 0 Å². The van der Waals surface area contributed by atoms with E-state index in [1.54, 1.807) is 37.3 Å². The molecule has 3 aromatic carbocycles. The third-order valence-electron chi connectivity index (χ3n) is 4.92. The molecule has 160 valence electrons. The first-order valence-corrected chi connectivity index (χ1v) is 10.1. The zero-order chi connectivity index (χ0) is 21.8. The van der Waals surface area contributed by atoms with E-state index in [0.717, 1.165) is 16.9 Å². The van der Waals surface area contributed by atoms with Gasteiger partial charge in [-0.1, -0.05) is 29.8 Å². The van der Waals surface area contributed by atoms with Crippen molar-refractivity contribution >= 4 is 17.5 Å². The highest BCUT2D eigenvalue weighted by atomic mass is 35.5. The molecule has 4 rings (SSSR count). The van der Waals surface area contributed by atoms with Crippen molar-refractivity contribution in [2.45, 2.75) is 13.2 Å². The number of benzene rings is 3. The molecule has 0 aromatic heterocycles. The summed E-state index contributed by atoms with van der Waals surface area (Å²) < 4.78 is 22.1. The van der Waals surface area contributed by atoms with Crippen LogP contribution >= 0.6 is 11.6 Å². The molecule has 1 aliphatic heterocycles. The molecule has 3 aromatic rings. The van der Waals surface area contributed by atoms with Crippen molar-refractivity contribution < 1.29 is 23.7 Å². The molecular weight excluding hydrogens is 418 g/mol. The smallest absolute Gasteiger partial charge is 0.254 e. The van der Waals surface area contributed by atoms with Gasteiger partial charge < -0.3 is 23.8 Å². The number of ether oxygens (including phenoxy) is 4. The van der Waals surface area contributed by atoms with Gasteiger partial charge in [0.25, 0.3) is 5.91 Å². The van der Waals surface area contributed by atoms with Crippen LogP contribution in [0.3, 0.4) is 0 Å². The average molecular weight is 440 g/mol. The zero-order valence-electron chi connectivity index (χ0n) is 17.3. The molecule has 0 aliphatic carbocycles. The number of nitrogens with zero attached hydrogens (tertiary/aromatic N) is 1. The lowest BCUT2D eigenvalue weighted by Gasteiger charge is -2.19. The summed E-state index contributed by atoms with van der Waals surface area (Å²) in [6, 6.07) is 18.3. The van der Waals surface area contributed by atoms with Crippen LogP contribution < -0.4 is 18.9 Å². The summed E-state index contributed by atoms with van der Waals surface area (Å²) in [5.41, 5.74) is 2.45. The lowest BCUT2D eigenvalue weighted by molar-refractivity contribution is 0.0784. The average Bonchev–Trinajstić information content (AvgIpc) is 3.26. The Labute approximate surface area is 185 Å². The molecule has 1 heterocycles. The van der Waals surface area contributed by atoms with Gasteiger partial charge in [0.2, 0.25) is 6.79 Å². The number of methoxy groups -OCH3 is 1. The third-order valence-corrected chi connectivity index (χ3v) is 5.17. The summed E-state index contributed by atoms with van der Waals surface area (Å²) in [5, 5.41) is 0.675. The van der Waals surface area contributed by atoms with Gasteiger partial charge in [-0.15, -0.1) is 0 Å². The van der Waals surface area contributed by atoms with Gasteiger partial charge in [0.05, 0.1) is 7.11 Å². The van der Waals surface area contributed by atoms with Crippen LogP contribution in [-0.2, 0) is 13.2 Å². The van der Waals surface area contributed by atoms with Crippen molar-refractivity contribution in [3.8, 4) is 23.0 Å². The van der Waals surface area contributed by atoms with Crippen molar-refractivity contribution in [3.05, 3.63) is 82.4 Å². The number of hydrogen-bond donors (Lipinski definition) is 0. The van der Waals surface area contributed by atoms with Crippen molar-refractivity contribution in [1.29, 1.82) is 0 Å². The van der Waals surface area contributed by atoms with Gasteiger partial charge in [-0.05, 0) is 53.6 Å². The highest BCUT2D eigenvalue weighted by Gasteiger charge is 2.18. The Hall–Kier alpha value is -3.38. The Kier molecular flexibility index (Phi) is 6.18. The normalized spacial score (nSPS) is 11.8. The zero-order valence-corrected chi connectivity index (χ0v) is 18.0. The highest BCUT2D eigenvalue weighted by Crippen LogP contribution is 2.33. The molecule has 0 spiro atoms. The van der Waals surface area contributed by atoms with Gasteiger partial charge in [-0.3, -0.25) is 4.79 Å². The largest absolute Gasteiger partial charge is 0.493 e. The van der Waals surface area contributed by atoms with E-state index < -0.39 is 0 Å². The minimum absolute atomic E-state index is 0.125. The fourth-order valence-electron chi connectivity index (χ4n) is 3.27. The Bertz CT molecular complexity index is 1080. The van der Waals surface area contributed by atoms with E-state index in [9.17, 15) is 4.79 Å². The molecule has 31 heavy (non-hydrogen) atoms. The SMILES string of the molecule is COc1cc(C(=O)N(C)Cc2ccc3c(c2)OCO3)ccc1OCc1ccc(Cl)cc1. The van der Waals surface area contributed by atoms with E-state index in [2.05, 4.69) is 0 Å². The van der Waals surface area contributed by atoms with Crippen LogP contribution in [0.4, 0.5) is 0 Å². The van der Waals surface area contributed by atoms with Crippen LogP contribution in [0.2, 0.25) is 5.02 Å². The van der Waals surface area contributed by atoms with Gasteiger partial charge in [-0.2, -0.15) is 0 Å². The van der Waals surface area contributed by atoms with E-state index >= 15 is 0 Å². The molecule has 0 bridgehead atoms. The maximum atomic E-state index is 12.9. The molecule has 0 radical (unpaired) electrons. The molecule has 7 heteroatoms. The first-order chi connectivity index (χ1) is 15.0. The van der Waals surface area contributed by atoms with Crippen molar-refractivity contribution in [2.75, 3.05) is 21.0 Å². The van der Waals surface area contributed by atoms with Gasteiger partial charge >= 0.3 is 0 Å². The maximum Gasteiger partial charge on any atom is 0.254 e. The Morgan fingerprint density at radius 2 is 1.71 bits per heavy atom. The Balaban J connectivity index is 1.43.